The van der Waals surface area contributed by atoms with E-state index < -0.39 is 10.8 Å². The second-order valence-corrected chi connectivity index (χ2v) is 6.47. The zero-order valence-corrected chi connectivity index (χ0v) is 15.9. The summed E-state index contributed by atoms with van der Waals surface area (Å²) in [5.74, 6) is -0.0293. The molecule has 2 aromatic heterocycles. The maximum atomic E-state index is 12.7. The number of nitro groups is 1. The van der Waals surface area contributed by atoms with Crippen LogP contribution in [0.1, 0.15) is 10.4 Å². The number of pyridine rings is 1. The van der Waals surface area contributed by atoms with Crippen molar-refractivity contribution in [2.75, 3.05) is 5.32 Å². The van der Waals surface area contributed by atoms with Crippen molar-refractivity contribution in [1.29, 1.82) is 0 Å². The van der Waals surface area contributed by atoms with Crippen LogP contribution in [0, 0.1) is 10.1 Å². The van der Waals surface area contributed by atoms with Gasteiger partial charge in [-0.15, -0.1) is 0 Å². The lowest BCUT2D eigenvalue weighted by atomic mass is 10.1. The number of nitro benzene ring substituents is 1. The van der Waals surface area contributed by atoms with Crippen LogP contribution in [0.3, 0.4) is 0 Å². The highest BCUT2D eigenvalue weighted by Gasteiger charge is 2.19. The van der Waals surface area contributed by atoms with Crippen LogP contribution in [-0.2, 0) is 0 Å². The normalized spacial score (nSPS) is 10.6. The summed E-state index contributed by atoms with van der Waals surface area (Å²) in [6.07, 6.45) is 1.62. The Morgan fingerprint density at radius 2 is 1.90 bits per heavy atom. The number of hydrogen-bond acceptors (Lipinski definition) is 7. The van der Waals surface area contributed by atoms with Gasteiger partial charge >= 0.3 is 0 Å². The van der Waals surface area contributed by atoms with Crippen molar-refractivity contribution in [1.82, 2.24) is 15.1 Å². The number of halogens is 1. The van der Waals surface area contributed by atoms with E-state index >= 15 is 0 Å². The molecule has 0 fully saturated rings. The third-order valence-electron chi connectivity index (χ3n) is 4.13. The summed E-state index contributed by atoms with van der Waals surface area (Å²) in [6.45, 7) is 0. The van der Waals surface area contributed by atoms with Crippen molar-refractivity contribution in [2.45, 2.75) is 0 Å². The Bertz CT molecular complexity index is 1240. The van der Waals surface area contributed by atoms with Crippen molar-refractivity contribution in [3.8, 4) is 23.0 Å². The van der Waals surface area contributed by atoms with E-state index in [-0.39, 0.29) is 22.2 Å². The standard InChI is InChI=1S/C20H12ClN5O4/c21-15-11-12(26(28)29)8-9-13(15)19(27)23-16-6-2-1-5-14(16)20-24-18(25-30-20)17-7-3-4-10-22-17/h1-11H,(H,23,27). The quantitative estimate of drug-likeness (QED) is 0.368. The third-order valence-corrected chi connectivity index (χ3v) is 4.45. The Morgan fingerprint density at radius 3 is 2.63 bits per heavy atom. The molecule has 0 spiro atoms. The minimum atomic E-state index is -0.586. The van der Waals surface area contributed by atoms with Gasteiger partial charge in [0.05, 0.1) is 26.8 Å². The minimum Gasteiger partial charge on any atom is -0.333 e. The number of para-hydroxylation sites is 1. The molecule has 0 aliphatic rings. The van der Waals surface area contributed by atoms with Crippen LogP contribution in [0.15, 0.2) is 71.4 Å². The first-order valence-electron chi connectivity index (χ1n) is 8.63. The number of hydrogen-bond donors (Lipinski definition) is 1. The molecule has 0 saturated carbocycles. The predicted molar refractivity (Wildman–Crippen MR) is 109 cm³/mol. The van der Waals surface area contributed by atoms with E-state index in [9.17, 15) is 14.9 Å². The number of carbonyl (C=O) groups excluding carboxylic acids is 1. The van der Waals surface area contributed by atoms with Crippen LogP contribution in [0.2, 0.25) is 5.02 Å². The number of nitrogens with zero attached hydrogens (tertiary/aromatic N) is 4. The first-order chi connectivity index (χ1) is 14.5. The van der Waals surface area contributed by atoms with Gasteiger partial charge in [0, 0.05) is 18.3 Å². The van der Waals surface area contributed by atoms with Crippen LogP contribution in [-0.4, -0.2) is 26.0 Å². The fourth-order valence-electron chi connectivity index (χ4n) is 2.70. The highest BCUT2D eigenvalue weighted by molar-refractivity contribution is 6.34. The molecule has 0 saturated heterocycles. The van der Waals surface area contributed by atoms with Gasteiger partial charge in [-0.2, -0.15) is 4.98 Å². The summed E-state index contributed by atoms with van der Waals surface area (Å²) < 4.78 is 5.35. The molecule has 0 bridgehead atoms. The Kier molecular flexibility index (Phi) is 5.19. The largest absolute Gasteiger partial charge is 0.333 e. The van der Waals surface area contributed by atoms with Crippen LogP contribution >= 0.6 is 11.6 Å². The molecule has 0 unspecified atom stereocenters. The van der Waals surface area contributed by atoms with Gasteiger partial charge in [0.15, 0.2) is 0 Å². The van der Waals surface area contributed by atoms with Gasteiger partial charge in [-0.3, -0.25) is 19.9 Å². The average Bonchev–Trinajstić information content (AvgIpc) is 3.24. The number of carbonyl (C=O) groups is 1. The van der Waals surface area contributed by atoms with Gasteiger partial charge in [0.25, 0.3) is 17.5 Å². The van der Waals surface area contributed by atoms with Crippen molar-refractivity contribution >= 4 is 28.9 Å². The number of amides is 1. The predicted octanol–water partition coefficient (Wildman–Crippen LogP) is 4.61. The first-order valence-corrected chi connectivity index (χ1v) is 9.00. The van der Waals surface area contributed by atoms with Gasteiger partial charge in [-0.1, -0.05) is 35.0 Å². The first kappa shape index (κ1) is 19.2. The lowest BCUT2D eigenvalue weighted by Gasteiger charge is -2.09. The lowest BCUT2D eigenvalue weighted by Crippen LogP contribution is -2.13. The van der Waals surface area contributed by atoms with Crippen LogP contribution < -0.4 is 5.32 Å². The number of nitrogens with one attached hydrogen (secondary N) is 1. The summed E-state index contributed by atoms with van der Waals surface area (Å²) in [4.78, 5) is 31.5. The highest BCUT2D eigenvalue weighted by atomic mass is 35.5. The zero-order chi connectivity index (χ0) is 21.1. The van der Waals surface area contributed by atoms with E-state index in [4.69, 9.17) is 16.1 Å². The van der Waals surface area contributed by atoms with Crippen molar-refractivity contribution in [3.63, 3.8) is 0 Å². The number of rotatable bonds is 5. The van der Waals surface area contributed by atoms with Crippen LogP contribution in [0.5, 0.6) is 0 Å². The molecule has 30 heavy (non-hydrogen) atoms. The monoisotopic (exact) mass is 421 g/mol. The number of benzene rings is 2. The van der Waals surface area contributed by atoms with Gasteiger partial charge in [-0.05, 0) is 30.3 Å². The molecule has 0 aliphatic heterocycles. The molecule has 9 nitrogen and oxygen atoms in total. The molecule has 1 amide bonds. The summed E-state index contributed by atoms with van der Waals surface area (Å²) in [5.41, 5.74) is 1.35. The molecule has 0 aliphatic carbocycles. The maximum Gasteiger partial charge on any atom is 0.270 e. The zero-order valence-electron chi connectivity index (χ0n) is 15.2. The molecule has 148 valence electrons. The summed E-state index contributed by atoms with van der Waals surface area (Å²) >= 11 is 6.05. The second-order valence-electron chi connectivity index (χ2n) is 6.06. The van der Waals surface area contributed by atoms with E-state index in [1.165, 1.54) is 12.1 Å². The van der Waals surface area contributed by atoms with Gasteiger partial charge in [0.1, 0.15) is 5.69 Å². The molecule has 2 heterocycles. The fourth-order valence-corrected chi connectivity index (χ4v) is 2.96. The minimum absolute atomic E-state index is 0.0330. The van der Waals surface area contributed by atoms with Crippen molar-refractivity contribution in [2.24, 2.45) is 0 Å². The van der Waals surface area contributed by atoms with Crippen LogP contribution in [0.4, 0.5) is 11.4 Å². The fraction of sp³-hybridized carbons (Fsp3) is 0. The van der Waals surface area contributed by atoms with Crippen molar-refractivity contribution in [3.05, 3.63) is 87.6 Å². The molecular weight excluding hydrogens is 410 g/mol. The van der Waals surface area contributed by atoms with Gasteiger partial charge in [-0.25, -0.2) is 0 Å². The molecular formula is C20H12ClN5O4. The number of anilines is 1. The molecule has 4 aromatic rings. The number of aromatic nitrogens is 3. The summed E-state index contributed by atoms with van der Waals surface area (Å²) in [7, 11) is 0. The lowest BCUT2D eigenvalue weighted by molar-refractivity contribution is -0.384. The average molecular weight is 422 g/mol. The molecule has 4 rings (SSSR count). The Morgan fingerprint density at radius 1 is 1.10 bits per heavy atom. The van der Waals surface area contributed by atoms with E-state index in [1.54, 1.807) is 48.7 Å². The van der Waals surface area contributed by atoms with E-state index in [2.05, 4.69) is 20.4 Å². The van der Waals surface area contributed by atoms with E-state index in [1.807, 2.05) is 0 Å². The Hall–Kier alpha value is -4.11. The Balaban J connectivity index is 1.62. The van der Waals surface area contributed by atoms with E-state index in [0.717, 1.165) is 6.07 Å². The molecule has 10 heteroatoms. The SMILES string of the molecule is O=C(Nc1ccccc1-c1nc(-c2ccccn2)no1)c1ccc([N+](=O)[O-])cc1Cl. The topological polar surface area (TPSA) is 124 Å². The van der Waals surface area contributed by atoms with Gasteiger partial charge in [0.2, 0.25) is 5.82 Å². The molecule has 0 atom stereocenters. The highest BCUT2D eigenvalue weighted by Crippen LogP contribution is 2.29. The maximum absolute atomic E-state index is 12.7. The number of non-ortho nitro benzene ring substituents is 1. The molecule has 2 aromatic carbocycles. The Labute approximate surface area is 174 Å². The molecule has 1 N–H and O–H groups in total. The summed E-state index contributed by atoms with van der Waals surface area (Å²) in [5, 5.41) is 17.5. The second kappa shape index (κ2) is 8.10. The van der Waals surface area contributed by atoms with Crippen molar-refractivity contribution < 1.29 is 14.2 Å². The third kappa shape index (κ3) is 3.87. The van der Waals surface area contributed by atoms with E-state index in [0.29, 0.717) is 22.8 Å². The smallest absolute Gasteiger partial charge is 0.270 e. The summed E-state index contributed by atoms with van der Waals surface area (Å²) in [6, 6.07) is 15.8. The van der Waals surface area contributed by atoms with Crippen LogP contribution in [0.25, 0.3) is 23.0 Å². The molecule has 0 radical (unpaired) electrons. The van der Waals surface area contributed by atoms with Gasteiger partial charge < -0.3 is 9.84 Å².